The van der Waals surface area contributed by atoms with E-state index in [1.165, 1.54) is 0 Å². The Hall–Kier alpha value is -2.08. The van der Waals surface area contributed by atoms with Crippen LogP contribution in [0, 0.1) is 0 Å². The van der Waals surface area contributed by atoms with Crippen molar-refractivity contribution < 1.29 is 14.4 Å². The first-order chi connectivity index (χ1) is 11.8. The molecule has 0 aliphatic carbocycles. The predicted molar refractivity (Wildman–Crippen MR) is 95.7 cm³/mol. The number of rotatable bonds is 3. The zero-order chi connectivity index (χ0) is 18.2. The van der Waals surface area contributed by atoms with Crippen LogP contribution >= 0.6 is 11.6 Å². The standard InChI is InChI=1S/C18H22ClN3O3/c1-12(2)21(3)17(24)15-10-18(25-20-15)8-9-22(11-18)16(23)13-4-6-14(19)7-5-13/h4-7,12H,8-11H2,1-3H3/t18-/m1/s1. The minimum atomic E-state index is -0.578. The zero-order valence-electron chi connectivity index (χ0n) is 14.7. The highest BCUT2D eigenvalue weighted by molar-refractivity contribution is 6.39. The van der Waals surface area contributed by atoms with Crippen molar-refractivity contribution in [2.75, 3.05) is 20.1 Å². The Morgan fingerprint density at radius 3 is 2.64 bits per heavy atom. The van der Waals surface area contributed by atoms with E-state index in [1.807, 2.05) is 13.8 Å². The molecule has 1 atom stereocenters. The molecule has 2 heterocycles. The van der Waals surface area contributed by atoms with Crippen molar-refractivity contribution in [1.29, 1.82) is 0 Å². The van der Waals surface area contributed by atoms with E-state index in [0.29, 0.717) is 42.2 Å². The molecule has 1 aromatic rings. The maximum absolute atomic E-state index is 12.6. The summed E-state index contributed by atoms with van der Waals surface area (Å²) in [5.41, 5.74) is 0.443. The van der Waals surface area contributed by atoms with Gasteiger partial charge in [0.2, 0.25) is 0 Å². The van der Waals surface area contributed by atoms with Crippen molar-refractivity contribution in [2.45, 2.75) is 38.3 Å². The van der Waals surface area contributed by atoms with E-state index in [-0.39, 0.29) is 17.9 Å². The molecular formula is C18H22ClN3O3. The van der Waals surface area contributed by atoms with Gasteiger partial charge in [-0.2, -0.15) is 0 Å². The summed E-state index contributed by atoms with van der Waals surface area (Å²) in [5, 5.41) is 4.62. The van der Waals surface area contributed by atoms with E-state index in [2.05, 4.69) is 5.16 Å². The van der Waals surface area contributed by atoms with Gasteiger partial charge in [-0.1, -0.05) is 16.8 Å². The first-order valence-electron chi connectivity index (χ1n) is 8.38. The van der Waals surface area contributed by atoms with E-state index in [1.54, 1.807) is 41.1 Å². The Labute approximate surface area is 152 Å². The smallest absolute Gasteiger partial charge is 0.271 e. The van der Waals surface area contributed by atoms with Crippen molar-refractivity contribution in [3.05, 3.63) is 34.9 Å². The molecule has 7 heteroatoms. The van der Waals surface area contributed by atoms with E-state index in [4.69, 9.17) is 16.4 Å². The summed E-state index contributed by atoms with van der Waals surface area (Å²) in [6, 6.07) is 6.93. The third kappa shape index (κ3) is 3.49. The molecule has 2 aliphatic heterocycles. The molecule has 1 fully saturated rings. The number of benzene rings is 1. The van der Waals surface area contributed by atoms with Crippen LogP contribution < -0.4 is 0 Å². The molecule has 0 saturated carbocycles. The van der Waals surface area contributed by atoms with Gasteiger partial charge in [0.15, 0.2) is 5.60 Å². The molecule has 0 bridgehead atoms. The fourth-order valence-electron chi connectivity index (χ4n) is 3.09. The first-order valence-corrected chi connectivity index (χ1v) is 8.76. The average molecular weight is 364 g/mol. The average Bonchev–Trinajstić information content (AvgIpc) is 3.21. The summed E-state index contributed by atoms with van der Waals surface area (Å²) in [6.07, 6.45) is 1.10. The van der Waals surface area contributed by atoms with E-state index in [9.17, 15) is 9.59 Å². The third-order valence-electron chi connectivity index (χ3n) is 4.88. The van der Waals surface area contributed by atoms with E-state index < -0.39 is 5.60 Å². The molecule has 3 rings (SSSR count). The summed E-state index contributed by atoms with van der Waals surface area (Å²) >= 11 is 5.87. The van der Waals surface area contributed by atoms with E-state index in [0.717, 1.165) is 0 Å². The van der Waals surface area contributed by atoms with Gasteiger partial charge in [0.05, 0.1) is 6.54 Å². The van der Waals surface area contributed by atoms with Gasteiger partial charge in [-0.3, -0.25) is 9.59 Å². The Morgan fingerprint density at radius 2 is 2.00 bits per heavy atom. The third-order valence-corrected chi connectivity index (χ3v) is 5.13. The number of likely N-dealkylation sites (tertiary alicyclic amines) is 1. The fraction of sp³-hybridized carbons (Fsp3) is 0.500. The Balaban J connectivity index is 1.64. The summed E-state index contributed by atoms with van der Waals surface area (Å²) < 4.78 is 0. The molecule has 2 aliphatic rings. The van der Waals surface area contributed by atoms with Crippen LogP contribution in [0.25, 0.3) is 0 Å². The molecule has 0 N–H and O–H groups in total. The Morgan fingerprint density at radius 1 is 1.32 bits per heavy atom. The van der Waals surface area contributed by atoms with Crippen LogP contribution in [0.3, 0.4) is 0 Å². The zero-order valence-corrected chi connectivity index (χ0v) is 15.4. The second-order valence-corrected chi connectivity index (χ2v) is 7.42. The van der Waals surface area contributed by atoms with Crippen molar-refractivity contribution in [2.24, 2.45) is 5.16 Å². The SMILES string of the molecule is CC(C)N(C)C(=O)C1=NO[C@]2(CCN(C(=O)c3ccc(Cl)cc3)C2)C1. The monoisotopic (exact) mass is 363 g/mol. The molecule has 1 saturated heterocycles. The largest absolute Gasteiger partial charge is 0.386 e. The molecule has 2 amide bonds. The lowest BCUT2D eigenvalue weighted by Crippen LogP contribution is -2.40. The van der Waals surface area contributed by atoms with Crippen molar-refractivity contribution in [1.82, 2.24) is 9.80 Å². The maximum Gasteiger partial charge on any atom is 0.271 e. The van der Waals surface area contributed by atoms with Crippen molar-refractivity contribution in [3.8, 4) is 0 Å². The van der Waals surface area contributed by atoms with Crippen LogP contribution in [0.4, 0.5) is 0 Å². The summed E-state index contributed by atoms with van der Waals surface area (Å²) in [5.74, 6) is -0.175. The molecular weight excluding hydrogens is 342 g/mol. The topological polar surface area (TPSA) is 62.2 Å². The lowest BCUT2D eigenvalue weighted by Gasteiger charge is -2.23. The molecule has 25 heavy (non-hydrogen) atoms. The van der Waals surface area contributed by atoms with E-state index >= 15 is 0 Å². The number of halogens is 1. The molecule has 1 spiro atoms. The Kier molecular flexibility index (Phi) is 4.73. The second kappa shape index (κ2) is 6.67. The predicted octanol–water partition coefficient (Wildman–Crippen LogP) is 2.57. The van der Waals surface area contributed by atoms with Gasteiger partial charge in [-0.25, -0.2) is 0 Å². The number of amides is 2. The first kappa shape index (κ1) is 17.7. The van der Waals surface area contributed by atoms with Gasteiger partial charge in [0.1, 0.15) is 5.71 Å². The molecule has 6 nitrogen and oxygen atoms in total. The van der Waals surface area contributed by atoms with Gasteiger partial charge in [0, 0.05) is 43.1 Å². The number of hydrogen-bond donors (Lipinski definition) is 0. The van der Waals surface area contributed by atoms with Crippen LogP contribution in [0.15, 0.2) is 29.4 Å². The minimum absolute atomic E-state index is 0.0591. The van der Waals surface area contributed by atoms with Gasteiger partial charge in [-0.05, 0) is 38.1 Å². The lowest BCUT2D eigenvalue weighted by molar-refractivity contribution is -0.124. The maximum atomic E-state index is 12.6. The number of oxime groups is 1. The molecule has 1 aromatic carbocycles. The van der Waals surface area contributed by atoms with Crippen LogP contribution in [0.2, 0.25) is 5.02 Å². The molecule has 0 radical (unpaired) electrons. The summed E-state index contributed by atoms with van der Waals surface area (Å²) in [7, 11) is 1.76. The normalized spacial score (nSPS) is 22.3. The second-order valence-electron chi connectivity index (χ2n) is 6.98. The van der Waals surface area contributed by atoms with Crippen molar-refractivity contribution in [3.63, 3.8) is 0 Å². The minimum Gasteiger partial charge on any atom is -0.386 e. The molecule has 0 aromatic heterocycles. The lowest BCUT2D eigenvalue weighted by atomic mass is 9.96. The molecule has 0 unspecified atom stereocenters. The van der Waals surface area contributed by atoms with Gasteiger partial charge in [-0.15, -0.1) is 0 Å². The van der Waals surface area contributed by atoms with Crippen LogP contribution in [0.1, 0.15) is 37.0 Å². The highest BCUT2D eigenvalue weighted by Crippen LogP contribution is 2.35. The van der Waals surface area contributed by atoms with Crippen molar-refractivity contribution >= 4 is 29.1 Å². The van der Waals surface area contributed by atoms with Gasteiger partial charge >= 0.3 is 0 Å². The summed E-state index contributed by atoms with van der Waals surface area (Å²) in [4.78, 5) is 34.1. The van der Waals surface area contributed by atoms with Gasteiger partial charge in [0.25, 0.3) is 11.8 Å². The number of carbonyl (C=O) groups is 2. The Bertz CT molecular complexity index is 717. The summed E-state index contributed by atoms with van der Waals surface area (Å²) in [6.45, 7) is 4.91. The number of carbonyl (C=O) groups excluding carboxylic acids is 2. The highest BCUT2D eigenvalue weighted by Gasteiger charge is 2.48. The quantitative estimate of drug-likeness (QED) is 0.829. The van der Waals surface area contributed by atoms with Gasteiger partial charge < -0.3 is 14.6 Å². The van der Waals surface area contributed by atoms with Crippen LogP contribution in [0.5, 0.6) is 0 Å². The number of hydrogen-bond acceptors (Lipinski definition) is 4. The van der Waals surface area contributed by atoms with Crippen LogP contribution in [-0.2, 0) is 9.63 Å². The van der Waals surface area contributed by atoms with Crippen LogP contribution in [-0.4, -0.2) is 59.1 Å². The fourth-order valence-corrected chi connectivity index (χ4v) is 3.21. The highest BCUT2D eigenvalue weighted by atomic mass is 35.5. The number of nitrogens with zero attached hydrogens (tertiary/aromatic N) is 3. The molecule has 134 valence electrons.